The van der Waals surface area contributed by atoms with Crippen LogP contribution in [-0.2, 0) is 0 Å². The molecule has 0 saturated heterocycles. The number of nitrogens with zero attached hydrogens (tertiary/aromatic N) is 3. The average Bonchev–Trinajstić information content (AvgIpc) is 2.40. The van der Waals surface area contributed by atoms with E-state index in [0.29, 0.717) is 0 Å². The minimum atomic E-state index is -0.551. The first-order valence-electron chi connectivity index (χ1n) is 4.99. The van der Waals surface area contributed by atoms with E-state index in [4.69, 9.17) is 10.00 Å². The van der Waals surface area contributed by atoms with Gasteiger partial charge in [0.25, 0.3) is 0 Å². The summed E-state index contributed by atoms with van der Waals surface area (Å²) in [6.45, 7) is 0. The number of nitro groups is 1. The molecule has 2 rings (SSSR count). The van der Waals surface area contributed by atoms with Gasteiger partial charge in [-0.05, 0) is 18.2 Å². The summed E-state index contributed by atoms with van der Waals surface area (Å²) >= 11 is 0. The summed E-state index contributed by atoms with van der Waals surface area (Å²) in [5, 5.41) is 19.7. The van der Waals surface area contributed by atoms with Crippen LogP contribution in [0.2, 0.25) is 0 Å². The number of hydrogen-bond donors (Lipinski definition) is 0. The van der Waals surface area contributed by atoms with Gasteiger partial charge < -0.3 is 4.74 Å². The van der Waals surface area contributed by atoms with E-state index >= 15 is 0 Å². The van der Waals surface area contributed by atoms with Crippen LogP contribution in [0.15, 0.2) is 42.6 Å². The Bertz CT molecular complexity index is 634. The minimum absolute atomic E-state index is 0.0503. The van der Waals surface area contributed by atoms with Crippen LogP contribution < -0.4 is 4.74 Å². The third-order valence-corrected chi connectivity index (χ3v) is 2.16. The number of nitriles is 1. The van der Waals surface area contributed by atoms with E-state index < -0.39 is 4.92 Å². The number of benzene rings is 1. The Labute approximate surface area is 102 Å². The number of ether oxygens (including phenoxy) is 1. The first-order chi connectivity index (χ1) is 8.72. The van der Waals surface area contributed by atoms with Crippen molar-refractivity contribution >= 4 is 5.69 Å². The molecule has 0 bridgehead atoms. The second-order valence-electron chi connectivity index (χ2n) is 3.29. The van der Waals surface area contributed by atoms with Crippen LogP contribution in [0.25, 0.3) is 0 Å². The molecule has 6 nitrogen and oxygen atoms in total. The maximum absolute atomic E-state index is 10.8. The second kappa shape index (κ2) is 4.93. The second-order valence-corrected chi connectivity index (χ2v) is 3.29. The van der Waals surface area contributed by atoms with Crippen molar-refractivity contribution in [2.45, 2.75) is 0 Å². The van der Waals surface area contributed by atoms with Gasteiger partial charge in [-0.2, -0.15) is 5.26 Å². The molecule has 0 atom stereocenters. The average molecular weight is 241 g/mol. The summed E-state index contributed by atoms with van der Waals surface area (Å²) in [5.74, 6) is 0.104. The van der Waals surface area contributed by atoms with E-state index in [1.807, 2.05) is 6.07 Å². The SMILES string of the molecule is N#Cc1cccnc1Oc1ccccc1[N+](=O)[O-]. The van der Waals surface area contributed by atoms with Crippen LogP contribution in [0.4, 0.5) is 5.69 Å². The molecular weight excluding hydrogens is 234 g/mol. The van der Waals surface area contributed by atoms with Gasteiger partial charge in [0.2, 0.25) is 11.6 Å². The minimum Gasteiger partial charge on any atom is -0.430 e. The lowest BCUT2D eigenvalue weighted by Gasteiger charge is -2.05. The maximum Gasteiger partial charge on any atom is 0.311 e. The van der Waals surface area contributed by atoms with Crippen molar-refractivity contribution in [3.8, 4) is 17.7 Å². The lowest BCUT2D eigenvalue weighted by molar-refractivity contribution is -0.385. The molecule has 0 aliphatic rings. The summed E-state index contributed by atoms with van der Waals surface area (Å²) in [4.78, 5) is 14.1. The van der Waals surface area contributed by atoms with Gasteiger partial charge in [0.1, 0.15) is 11.6 Å². The van der Waals surface area contributed by atoms with Crippen molar-refractivity contribution in [1.29, 1.82) is 5.26 Å². The first-order valence-corrected chi connectivity index (χ1v) is 4.99. The van der Waals surface area contributed by atoms with E-state index in [1.54, 1.807) is 12.1 Å². The monoisotopic (exact) mass is 241 g/mol. The van der Waals surface area contributed by atoms with Crippen LogP contribution >= 0.6 is 0 Å². The number of aromatic nitrogens is 1. The molecule has 0 amide bonds. The quantitative estimate of drug-likeness (QED) is 0.608. The summed E-state index contributed by atoms with van der Waals surface area (Å²) < 4.78 is 5.32. The zero-order valence-electron chi connectivity index (χ0n) is 9.11. The molecular formula is C12H7N3O3. The Morgan fingerprint density at radius 1 is 1.28 bits per heavy atom. The first kappa shape index (κ1) is 11.5. The number of pyridine rings is 1. The Balaban J connectivity index is 2.41. The molecule has 18 heavy (non-hydrogen) atoms. The van der Waals surface area contributed by atoms with E-state index in [1.165, 1.54) is 30.5 Å². The molecule has 0 saturated carbocycles. The molecule has 2 aromatic rings. The van der Waals surface area contributed by atoms with Crippen molar-refractivity contribution in [3.63, 3.8) is 0 Å². The molecule has 1 aromatic carbocycles. The Kier molecular flexibility index (Phi) is 3.16. The number of hydrogen-bond acceptors (Lipinski definition) is 5. The van der Waals surface area contributed by atoms with Crippen LogP contribution in [-0.4, -0.2) is 9.91 Å². The topological polar surface area (TPSA) is 89.0 Å². The highest BCUT2D eigenvalue weighted by molar-refractivity contribution is 5.49. The predicted octanol–water partition coefficient (Wildman–Crippen LogP) is 2.65. The van der Waals surface area contributed by atoms with Gasteiger partial charge in [-0.1, -0.05) is 12.1 Å². The molecule has 0 aliphatic carbocycles. The summed E-state index contributed by atoms with van der Waals surface area (Å²) in [7, 11) is 0. The van der Waals surface area contributed by atoms with Crippen molar-refractivity contribution in [3.05, 3.63) is 58.3 Å². The van der Waals surface area contributed by atoms with Gasteiger partial charge in [0, 0.05) is 12.3 Å². The lowest BCUT2D eigenvalue weighted by atomic mass is 10.3. The highest BCUT2D eigenvalue weighted by atomic mass is 16.6. The number of rotatable bonds is 3. The standard InChI is InChI=1S/C12H7N3O3/c13-8-9-4-3-7-14-12(9)18-11-6-2-1-5-10(11)15(16)17/h1-7H. The molecule has 0 N–H and O–H groups in total. The summed E-state index contributed by atoms with van der Waals surface area (Å²) in [6.07, 6.45) is 1.45. The fraction of sp³-hybridized carbons (Fsp3) is 0. The molecule has 0 spiro atoms. The maximum atomic E-state index is 10.8. The zero-order valence-corrected chi connectivity index (χ0v) is 9.11. The zero-order chi connectivity index (χ0) is 13.0. The van der Waals surface area contributed by atoms with E-state index in [9.17, 15) is 10.1 Å². The Morgan fingerprint density at radius 3 is 2.78 bits per heavy atom. The lowest BCUT2D eigenvalue weighted by Crippen LogP contribution is -1.95. The van der Waals surface area contributed by atoms with Crippen LogP contribution in [0, 0.1) is 21.4 Å². The van der Waals surface area contributed by atoms with Crippen molar-refractivity contribution < 1.29 is 9.66 Å². The molecule has 1 aromatic heterocycles. The highest BCUT2D eigenvalue weighted by Gasteiger charge is 2.16. The van der Waals surface area contributed by atoms with E-state index in [2.05, 4.69) is 4.98 Å². The predicted molar refractivity (Wildman–Crippen MR) is 62.1 cm³/mol. The van der Waals surface area contributed by atoms with Crippen molar-refractivity contribution in [2.75, 3.05) is 0 Å². The molecule has 0 aliphatic heterocycles. The van der Waals surface area contributed by atoms with Gasteiger partial charge in [0.05, 0.1) is 4.92 Å². The normalized spacial score (nSPS) is 9.50. The van der Waals surface area contributed by atoms with Gasteiger partial charge in [-0.15, -0.1) is 0 Å². The van der Waals surface area contributed by atoms with Crippen molar-refractivity contribution in [2.24, 2.45) is 0 Å². The summed E-state index contributed by atoms with van der Waals surface area (Å²) in [5.41, 5.74) is 0.0442. The van der Waals surface area contributed by atoms with Crippen molar-refractivity contribution in [1.82, 2.24) is 4.98 Å². The highest BCUT2D eigenvalue weighted by Crippen LogP contribution is 2.30. The largest absolute Gasteiger partial charge is 0.430 e. The number of para-hydroxylation sites is 2. The molecule has 0 radical (unpaired) electrons. The van der Waals surface area contributed by atoms with Crippen LogP contribution in [0.3, 0.4) is 0 Å². The van der Waals surface area contributed by atoms with Crippen LogP contribution in [0.5, 0.6) is 11.6 Å². The van der Waals surface area contributed by atoms with Gasteiger partial charge in [0.15, 0.2) is 0 Å². The fourth-order valence-electron chi connectivity index (χ4n) is 1.36. The van der Waals surface area contributed by atoms with Gasteiger partial charge in [-0.3, -0.25) is 10.1 Å². The Hall–Kier alpha value is -2.94. The van der Waals surface area contributed by atoms with E-state index in [0.717, 1.165) is 0 Å². The van der Waals surface area contributed by atoms with Crippen LogP contribution in [0.1, 0.15) is 5.56 Å². The van der Waals surface area contributed by atoms with Gasteiger partial charge >= 0.3 is 5.69 Å². The molecule has 0 fully saturated rings. The molecule has 6 heteroatoms. The Morgan fingerprint density at radius 2 is 2.06 bits per heavy atom. The third kappa shape index (κ3) is 2.25. The molecule has 1 heterocycles. The third-order valence-electron chi connectivity index (χ3n) is 2.16. The smallest absolute Gasteiger partial charge is 0.311 e. The number of nitro benzene ring substituents is 1. The molecule has 88 valence electrons. The van der Waals surface area contributed by atoms with E-state index in [-0.39, 0.29) is 22.9 Å². The van der Waals surface area contributed by atoms with Gasteiger partial charge in [-0.25, -0.2) is 4.98 Å². The summed E-state index contributed by atoms with van der Waals surface area (Å²) in [6, 6.07) is 10.9. The fourth-order valence-corrected chi connectivity index (χ4v) is 1.36. The molecule has 0 unspecified atom stereocenters.